The molecule has 100 valence electrons. The molecule has 0 atom stereocenters. The summed E-state index contributed by atoms with van der Waals surface area (Å²) in [6.45, 7) is 0. The van der Waals surface area contributed by atoms with Crippen molar-refractivity contribution in [1.82, 2.24) is 15.2 Å². The van der Waals surface area contributed by atoms with Crippen LogP contribution in [0.3, 0.4) is 0 Å². The molecular weight excluding hydrogens is 278 g/mol. The van der Waals surface area contributed by atoms with E-state index in [0.717, 1.165) is 16.5 Å². The van der Waals surface area contributed by atoms with Crippen molar-refractivity contribution >= 4 is 28.5 Å². The summed E-state index contributed by atoms with van der Waals surface area (Å²) in [5.41, 5.74) is 2.83. The van der Waals surface area contributed by atoms with Gasteiger partial charge in [-0.3, -0.25) is 5.10 Å². The minimum Gasteiger partial charge on any atom is -0.465 e. The van der Waals surface area contributed by atoms with E-state index in [1.54, 1.807) is 36.5 Å². The highest BCUT2D eigenvalue weighted by Gasteiger charge is 2.11. The molecule has 0 fully saturated rings. The van der Waals surface area contributed by atoms with Gasteiger partial charge >= 0.3 is 5.97 Å². The molecule has 0 saturated carbocycles. The van der Waals surface area contributed by atoms with Crippen molar-refractivity contribution in [3.05, 3.63) is 47.2 Å². The average Bonchev–Trinajstić information content (AvgIpc) is 2.94. The largest absolute Gasteiger partial charge is 0.465 e. The van der Waals surface area contributed by atoms with Crippen LogP contribution in [0.25, 0.3) is 22.2 Å². The SMILES string of the molecule is COC(=O)c1ccc(-c2nc(Cl)cc3cn[nH]c23)cc1. The first-order valence-electron chi connectivity index (χ1n) is 5.87. The molecule has 1 aromatic carbocycles. The zero-order valence-corrected chi connectivity index (χ0v) is 11.3. The van der Waals surface area contributed by atoms with Crippen LogP contribution in [0.15, 0.2) is 36.5 Å². The third-order valence-electron chi connectivity index (χ3n) is 2.98. The topological polar surface area (TPSA) is 67.9 Å². The molecule has 2 aromatic heterocycles. The first kappa shape index (κ1) is 12.6. The number of fused-ring (bicyclic) bond motifs is 1. The molecule has 1 N–H and O–H groups in total. The van der Waals surface area contributed by atoms with Crippen LogP contribution >= 0.6 is 11.6 Å². The number of esters is 1. The van der Waals surface area contributed by atoms with Crippen LogP contribution in [-0.2, 0) is 4.74 Å². The number of aromatic nitrogens is 3. The highest BCUT2D eigenvalue weighted by atomic mass is 35.5. The van der Waals surface area contributed by atoms with Gasteiger partial charge in [0.2, 0.25) is 0 Å². The van der Waals surface area contributed by atoms with E-state index in [0.29, 0.717) is 16.4 Å². The minimum atomic E-state index is -0.373. The van der Waals surface area contributed by atoms with Crippen LogP contribution in [0.1, 0.15) is 10.4 Å². The summed E-state index contributed by atoms with van der Waals surface area (Å²) < 4.78 is 4.67. The van der Waals surface area contributed by atoms with Gasteiger partial charge in [-0.25, -0.2) is 9.78 Å². The molecule has 0 aliphatic carbocycles. The Morgan fingerprint density at radius 2 is 2.05 bits per heavy atom. The Bertz CT molecular complexity index is 781. The Labute approximate surface area is 119 Å². The second kappa shape index (κ2) is 4.94. The lowest BCUT2D eigenvalue weighted by Gasteiger charge is -2.04. The van der Waals surface area contributed by atoms with Crippen LogP contribution in [0, 0.1) is 0 Å². The number of hydrogen-bond donors (Lipinski definition) is 1. The van der Waals surface area contributed by atoms with E-state index >= 15 is 0 Å². The number of methoxy groups -OCH3 is 1. The molecule has 3 rings (SSSR count). The van der Waals surface area contributed by atoms with Gasteiger partial charge in [-0.1, -0.05) is 23.7 Å². The maximum absolute atomic E-state index is 11.4. The fourth-order valence-electron chi connectivity index (χ4n) is 2.01. The fraction of sp³-hybridized carbons (Fsp3) is 0.0714. The monoisotopic (exact) mass is 287 g/mol. The molecule has 0 saturated heterocycles. The predicted octanol–water partition coefficient (Wildman–Crippen LogP) is 3.06. The number of ether oxygens (including phenoxy) is 1. The second-order valence-corrected chi connectivity index (χ2v) is 4.58. The van der Waals surface area contributed by atoms with E-state index in [2.05, 4.69) is 19.9 Å². The number of rotatable bonds is 2. The molecule has 0 amide bonds. The van der Waals surface area contributed by atoms with Crippen LogP contribution in [0.4, 0.5) is 0 Å². The number of carbonyl (C=O) groups is 1. The smallest absolute Gasteiger partial charge is 0.337 e. The highest BCUT2D eigenvalue weighted by molar-refractivity contribution is 6.30. The van der Waals surface area contributed by atoms with Gasteiger partial charge in [0.25, 0.3) is 0 Å². The predicted molar refractivity (Wildman–Crippen MR) is 75.7 cm³/mol. The summed E-state index contributed by atoms with van der Waals surface area (Å²) in [5, 5.41) is 8.17. The van der Waals surface area contributed by atoms with Gasteiger partial charge in [-0.05, 0) is 18.2 Å². The molecule has 0 radical (unpaired) electrons. The Kier molecular flexibility index (Phi) is 3.12. The van der Waals surface area contributed by atoms with Crippen molar-refractivity contribution in [1.29, 1.82) is 0 Å². The first-order valence-corrected chi connectivity index (χ1v) is 6.25. The number of nitrogens with zero attached hydrogens (tertiary/aromatic N) is 2. The van der Waals surface area contributed by atoms with E-state index in [-0.39, 0.29) is 5.97 Å². The summed E-state index contributed by atoms with van der Waals surface area (Å²) in [6.07, 6.45) is 1.69. The first-order chi connectivity index (χ1) is 9.69. The maximum Gasteiger partial charge on any atom is 0.337 e. The van der Waals surface area contributed by atoms with Crippen LogP contribution in [0.5, 0.6) is 0 Å². The average molecular weight is 288 g/mol. The lowest BCUT2D eigenvalue weighted by Crippen LogP contribution is -2.00. The molecule has 3 aromatic rings. The van der Waals surface area contributed by atoms with E-state index in [4.69, 9.17) is 11.6 Å². The Morgan fingerprint density at radius 1 is 1.30 bits per heavy atom. The van der Waals surface area contributed by atoms with Crippen molar-refractivity contribution in [2.45, 2.75) is 0 Å². The van der Waals surface area contributed by atoms with Gasteiger partial charge < -0.3 is 4.74 Å². The highest BCUT2D eigenvalue weighted by Crippen LogP contribution is 2.27. The van der Waals surface area contributed by atoms with Crippen molar-refractivity contribution in [3.63, 3.8) is 0 Å². The number of halogens is 1. The summed E-state index contributed by atoms with van der Waals surface area (Å²) in [5.74, 6) is -0.373. The molecule has 0 bridgehead atoms. The number of carbonyl (C=O) groups excluding carboxylic acids is 1. The zero-order chi connectivity index (χ0) is 14.1. The van der Waals surface area contributed by atoms with Gasteiger partial charge in [0.1, 0.15) is 5.15 Å². The minimum absolute atomic E-state index is 0.373. The quantitative estimate of drug-likeness (QED) is 0.581. The third-order valence-corrected chi connectivity index (χ3v) is 3.17. The molecule has 0 aliphatic heterocycles. The number of pyridine rings is 1. The summed E-state index contributed by atoms with van der Waals surface area (Å²) in [7, 11) is 1.35. The summed E-state index contributed by atoms with van der Waals surface area (Å²) in [6, 6.07) is 8.71. The molecule has 0 spiro atoms. The molecule has 0 unspecified atom stereocenters. The lowest BCUT2D eigenvalue weighted by molar-refractivity contribution is 0.0601. The third kappa shape index (κ3) is 2.12. The van der Waals surface area contributed by atoms with E-state index in [1.807, 2.05) is 0 Å². The summed E-state index contributed by atoms with van der Waals surface area (Å²) >= 11 is 6.01. The zero-order valence-electron chi connectivity index (χ0n) is 10.6. The van der Waals surface area contributed by atoms with Crippen LogP contribution < -0.4 is 0 Å². The van der Waals surface area contributed by atoms with Gasteiger partial charge in [0, 0.05) is 10.9 Å². The lowest BCUT2D eigenvalue weighted by atomic mass is 10.1. The fourth-order valence-corrected chi connectivity index (χ4v) is 2.21. The number of hydrogen-bond acceptors (Lipinski definition) is 4. The Hall–Kier alpha value is -2.40. The van der Waals surface area contributed by atoms with Crippen LogP contribution in [-0.4, -0.2) is 28.3 Å². The Morgan fingerprint density at radius 3 is 2.75 bits per heavy atom. The molecule has 6 heteroatoms. The van der Waals surface area contributed by atoms with Gasteiger partial charge in [0.05, 0.1) is 30.1 Å². The van der Waals surface area contributed by atoms with Crippen molar-refractivity contribution in [2.24, 2.45) is 0 Å². The molecule has 0 aliphatic rings. The van der Waals surface area contributed by atoms with Gasteiger partial charge in [-0.2, -0.15) is 5.10 Å². The standard InChI is InChI=1S/C14H10ClN3O2/c1-20-14(19)9-4-2-8(3-5-9)12-13-10(7-16-18-13)6-11(15)17-12/h2-7H,1H3,(H,16,18). The van der Waals surface area contributed by atoms with E-state index < -0.39 is 0 Å². The molecule has 2 heterocycles. The molecular formula is C14H10ClN3O2. The number of aromatic amines is 1. The Balaban J connectivity index is 2.11. The number of H-pyrrole nitrogens is 1. The van der Waals surface area contributed by atoms with E-state index in [1.165, 1.54) is 7.11 Å². The van der Waals surface area contributed by atoms with Gasteiger partial charge in [-0.15, -0.1) is 0 Å². The van der Waals surface area contributed by atoms with Crippen molar-refractivity contribution < 1.29 is 9.53 Å². The van der Waals surface area contributed by atoms with Crippen molar-refractivity contribution in [3.8, 4) is 11.3 Å². The maximum atomic E-state index is 11.4. The number of benzene rings is 1. The van der Waals surface area contributed by atoms with E-state index in [9.17, 15) is 4.79 Å². The summed E-state index contributed by atoms with van der Waals surface area (Å²) in [4.78, 5) is 15.7. The van der Waals surface area contributed by atoms with Crippen LogP contribution in [0.2, 0.25) is 5.15 Å². The van der Waals surface area contributed by atoms with Crippen molar-refractivity contribution in [2.75, 3.05) is 7.11 Å². The normalized spacial score (nSPS) is 10.7. The van der Waals surface area contributed by atoms with Gasteiger partial charge in [0.15, 0.2) is 0 Å². The second-order valence-electron chi connectivity index (χ2n) is 4.20. The molecule has 20 heavy (non-hydrogen) atoms. The number of nitrogens with one attached hydrogen (secondary N) is 1. The molecule has 5 nitrogen and oxygen atoms in total.